The molecule has 0 bridgehead atoms. The summed E-state index contributed by atoms with van der Waals surface area (Å²) in [6.07, 6.45) is 0. The Labute approximate surface area is 97.3 Å². The van der Waals surface area contributed by atoms with Gasteiger partial charge >= 0.3 is 5.97 Å². The summed E-state index contributed by atoms with van der Waals surface area (Å²) >= 11 is 0. The van der Waals surface area contributed by atoms with E-state index in [1.807, 2.05) is 0 Å². The molecule has 0 saturated heterocycles. The topological polar surface area (TPSA) is 55.1 Å². The van der Waals surface area contributed by atoms with Gasteiger partial charge in [0, 0.05) is 12.6 Å². The summed E-state index contributed by atoms with van der Waals surface area (Å²) in [6, 6.07) is 5.79. The minimum Gasteiger partial charge on any atom is -0.477 e. The average molecular weight is 234 g/mol. The molecule has 0 aliphatic heterocycles. The zero-order chi connectivity index (χ0) is 12.6. The van der Waals surface area contributed by atoms with Crippen molar-refractivity contribution in [1.29, 1.82) is 0 Å². The molecule has 0 saturated carbocycles. The van der Waals surface area contributed by atoms with Crippen molar-refractivity contribution in [2.45, 2.75) is 6.92 Å². The van der Waals surface area contributed by atoms with Gasteiger partial charge in [-0.3, -0.25) is 4.68 Å². The maximum Gasteiger partial charge on any atom is 0.354 e. The Hall–Kier alpha value is -2.17. The largest absolute Gasteiger partial charge is 0.477 e. The number of benzene rings is 1. The molecule has 0 atom stereocenters. The standard InChI is InChI=1S/C12H11FN2O2/c1-7-5-8(13)3-4-9(7)10-6-11(12(16)17)15(2)14-10/h3-6H,1-2H3,(H,16,17). The highest BCUT2D eigenvalue weighted by Gasteiger charge is 2.14. The molecule has 1 heterocycles. The number of carbonyl (C=O) groups is 1. The molecule has 1 aromatic carbocycles. The van der Waals surface area contributed by atoms with Crippen molar-refractivity contribution in [3.05, 3.63) is 41.3 Å². The van der Waals surface area contributed by atoms with E-state index >= 15 is 0 Å². The Morgan fingerprint density at radius 3 is 2.65 bits per heavy atom. The van der Waals surface area contributed by atoms with Crippen LogP contribution in [0.5, 0.6) is 0 Å². The van der Waals surface area contributed by atoms with Gasteiger partial charge in [0.15, 0.2) is 0 Å². The molecule has 2 rings (SSSR count). The first-order chi connectivity index (χ1) is 7.99. The fourth-order valence-corrected chi connectivity index (χ4v) is 1.71. The van der Waals surface area contributed by atoms with Gasteiger partial charge in [0.1, 0.15) is 11.5 Å². The van der Waals surface area contributed by atoms with E-state index in [-0.39, 0.29) is 11.5 Å². The zero-order valence-electron chi connectivity index (χ0n) is 9.44. The number of aryl methyl sites for hydroxylation is 2. The smallest absolute Gasteiger partial charge is 0.354 e. The maximum absolute atomic E-state index is 13.0. The number of aromatic carboxylic acids is 1. The third kappa shape index (κ3) is 2.04. The normalized spacial score (nSPS) is 10.5. The summed E-state index contributed by atoms with van der Waals surface area (Å²) in [4.78, 5) is 10.9. The summed E-state index contributed by atoms with van der Waals surface area (Å²) in [5, 5.41) is 13.0. The van der Waals surface area contributed by atoms with Crippen LogP contribution in [-0.4, -0.2) is 20.9 Å². The van der Waals surface area contributed by atoms with E-state index in [1.54, 1.807) is 20.0 Å². The second kappa shape index (κ2) is 4.01. The van der Waals surface area contributed by atoms with Gasteiger partial charge in [-0.1, -0.05) is 0 Å². The van der Waals surface area contributed by atoms with Crippen molar-refractivity contribution < 1.29 is 14.3 Å². The lowest BCUT2D eigenvalue weighted by Crippen LogP contribution is -2.04. The first-order valence-electron chi connectivity index (χ1n) is 5.03. The van der Waals surface area contributed by atoms with Crippen molar-refractivity contribution in [3.8, 4) is 11.3 Å². The molecule has 5 heteroatoms. The molecule has 0 aliphatic rings. The van der Waals surface area contributed by atoms with Crippen LogP contribution in [0.15, 0.2) is 24.3 Å². The van der Waals surface area contributed by atoms with Gasteiger partial charge in [-0.15, -0.1) is 0 Å². The first-order valence-corrected chi connectivity index (χ1v) is 5.03. The number of rotatable bonds is 2. The molecule has 88 valence electrons. The van der Waals surface area contributed by atoms with Crippen LogP contribution in [0.2, 0.25) is 0 Å². The molecule has 17 heavy (non-hydrogen) atoms. The lowest BCUT2D eigenvalue weighted by atomic mass is 10.1. The molecule has 4 nitrogen and oxygen atoms in total. The minimum absolute atomic E-state index is 0.101. The van der Waals surface area contributed by atoms with E-state index in [1.165, 1.54) is 22.9 Å². The van der Waals surface area contributed by atoms with E-state index in [9.17, 15) is 9.18 Å². The molecule has 1 aromatic heterocycles. The number of hydrogen-bond donors (Lipinski definition) is 1. The summed E-state index contributed by atoms with van der Waals surface area (Å²) < 4.78 is 14.2. The van der Waals surface area contributed by atoms with E-state index in [2.05, 4.69) is 5.10 Å². The second-order valence-electron chi connectivity index (χ2n) is 3.80. The second-order valence-corrected chi connectivity index (χ2v) is 3.80. The molecule has 0 radical (unpaired) electrons. The molecular weight excluding hydrogens is 223 g/mol. The number of carboxylic acid groups (broad SMARTS) is 1. The van der Waals surface area contributed by atoms with Crippen LogP contribution in [0.25, 0.3) is 11.3 Å². The predicted molar refractivity (Wildman–Crippen MR) is 60.3 cm³/mol. The van der Waals surface area contributed by atoms with Crippen LogP contribution >= 0.6 is 0 Å². The third-order valence-electron chi connectivity index (χ3n) is 2.56. The average Bonchev–Trinajstić information content (AvgIpc) is 2.60. The molecular formula is C12H11FN2O2. The maximum atomic E-state index is 13.0. The van der Waals surface area contributed by atoms with Gasteiger partial charge in [-0.2, -0.15) is 5.10 Å². The number of halogens is 1. The van der Waals surface area contributed by atoms with Crippen molar-refractivity contribution in [3.63, 3.8) is 0 Å². The Kier molecular flexibility index (Phi) is 2.67. The number of hydrogen-bond acceptors (Lipinski definition) is 2. The predicted octanol–water partition coefficient (Wildman–Crippen LogP) is 2.23. The molecule has 0 spiro atoms. The van der Waals surface area contributed by atoms with Crippen LogP contribution < -0.4 is 0 Å². The minimum atomic E-state index is -1.04. The summed E-state index contributed by atoms with van der Waals surface area (Å²) in [7, 11) is 1.56. The van der Waals surface area contributed by atoms with Crippen LogP contribution in [0, 0.1) is 12.7 Å². The highest BCUT2D eigenvalue weighted by Crippen LogP contribution is 2.23. The van der Waals surface area contributed by atoms with Crippen molar-refractivity contribution in [2.75, 3.05) is 0 Å². The van der Waals surface area contributed by atoms with Gasteiger partial charge in [0.25, 0.3) is 0 Å². The van der Waals surface area contributed by atoms with Gasteiger partial charge in [0.05, 0.1) is 5.69 Å². The van der Waals surface area contributed by atoms with Crippen LogP contribution in [0.4, 0.5) is 4.39 Å². The van der Waals surface area contributed by atoms with Gasteiger partial charge in [-0.25, -0.2) is 9.18 Å². The third-order valence-corrected chi connectivity index (χ3v) is 2.56. The molecule has 0 aliphatic carbocycles. The number of carboxylic acids is 1. The first kappa shape index (κ1) is 11.3. The molecule has 1 N–H and O–H groups in total. The fraction of sp³-hybridized carbons (Fsp3) is 0.167. The van der Waals surface area contributed by atoms with Gasteiger partial charge < -0.3 is 5.11 Å². The van der Waals surface area contributed by atoms with Crippen LogP contribution in [0.3, 0.4) is 0 Å². The SMILES string of the molecule is Cc1cc(F)ccc1-c1cc(C(=O)O)n(C)n1. The Morgan fingerprint density at radius 2 is 2.12 bits per heavy atom. The molecule has 0 amide bonds. The Morgan fingerprint density at radius 1 is 1.41 bits per heavy atom. The van der Waals surface area contributed by atoms with Gasteiger partial charge in [-0.05, 0) is 36.8 Å². The van der Waals surface area contributed by atoms with Crippen LogP contribution in [0.1, 0.15) is 16.1 Å². The van der Waals surface area contributed by atoms with E-state index < -0.39 is 5.97 Å². The Balaban J connectivity index is 2.53. The molecule has 2 aromatic rings. The van der Waals surface area contributed by atoms with E-state index in [0.717, 1.165) is 11.1 Å². The summed E-state index contributed by atoms with van der Waals surface area (Å²) in [6.45, 7) is 1.76. The van der Waals surface area contributed by atoms with E-state index in [0.29, 0.717) is 5.69 Å². The number of nitrogens with zero attached hydrogens (tertiary/aromatic N) is 2. The molecule has 0 unspecified atom stereocenters. The fourth-order valence-electron chi connectivity index (χ4n) is 1.71. The quantitative estimate of drug-likeness (QED) is 0.866. The highest BCUT2D eigenvalue weighted by atomic mass is 19.1. The summed E-state index contributed by atoms with van der Waals surface area (Å²) in [5.74, 6) is -1.35. The number of aromatic nitrogens is 2. The lowest BCUT2D eigenvalue weighted by Gasteiger charge is -2.01. The van der Waals surface area contributed by atoms with Crippen molar-refractivity contribution in [1.82, 2.24) is 9.78 Å². The molecule has 0 fully saturated rings. The zero-order valence-corrected chi connectivity index (χ0v) is 9.44. The van der Waals surface area contributed by atoms with E-state index in [4.69, 9.17) is 5.11 Å². The Bertz CT molecular complexity index is 590. The van der Waals surface area contributed by atoms with Crippen molar-refractivity contribution in [2.24, 2.45) is 7.05 Å². The van der Waals surface area contributed by atoms with Gasteiger partial charge in [0.2, 0.25) is 0 Å². The summed E-state index contributed by atoms with van der Waals surface area (Å²) in [5.41, 5.74) is 2.08. The van der Waals surface area contributed by atoms with Crippen molar-refractivity contribution >= 4 is 5.97 Å². The monoisotopic (exact) mass is 234 g/mol. The lowest BCUT2D eigenvalue weighted by molar-refractivity contribution is 0.0685. The highest BCUT2D eigenvalue weighted by molar-refractivity contribution is 5.87. The van der Waals surface area contributed by atoms with Crippen LogP contribution in [-0.2, 0) is 7.05 Å².